The minimum atomic E-state index is -0.581. The maximum absolute atomic E-state index is 12.7. The fraction of sp³-hybridized carbons (Fsp3) is 0.556. The van der Waals surface area contributed by atoms with Gasteiger partial charge in [0.2, 0.25) is 11.8 Å². The number of aryl methyl sites for hydroxylation is 1. The summed E-state index contributed by atoms with van der Waals surface area (Å²) in [7, 11) is 0. The van der Waals surface area contributed by atoms with Gasteiger partial charge in [-0.1, -0.05) is 24.6 Å². The van der Waals surface area contributed by atoms with Crippen molar-refractivity contribution in [2.75, 3.05) is 11.4 Å². The van der Waals surface area contributed by atoms with E-state index < -0.39 is 5.41 Å². The Labute approximate surface area is 132 Å². The molecule has 0 radical (unpaired) electrons. The number of carbonyl (C=O) groups is 2. The Morgan fingerprint density at radius 1 is 1.32 bits per heavy atom. The Kier molecular flexibility index (Phi) is 4.07. The van der Waals surface area contributed by atoms with E-state index in [1.54, 1.807) is 4.90 Å². The molecular weight excluding hydrogens is 276 g/mol. The molecule has 0 fully saturated rings. The van der Waals surface area contributed by atoms with Crippen molar-refractivity contribution >= 4 is 17.5 Å². The standard InChI is InChI=1S/C18H26N2O2/c1-7-17(3,4)19-15(21)11-20-14-9-8-12(2)10-13(14)18(5,6)16(20)22/h8-10H,7,11H2,1-6H3,(H,19,21). The van der Waals surface area contributed by atoms with Crippen LogP contribution in [0.25, 0.3) is 0 Å². The average Bonchev–Trinajstić information content (AvgIpc) is 2.60. The first-order chi connectivity index (χ1) is 10.1. The van der Waals surface area contributed by atoms with Gasteiger partial charge < -0.3 is 10.2 Å². The molecule has 120 valence electrons. The van der Waals surface area contributed by atoms with Crippen LogP contribution in [0.5, 0.6) is 0 Å². The third-order valence-corrected chi connectivity index (χ3v) is 4.56. The minimum Gasteiger partial charge on any atom is -0.350 e. The molecule has 1 heterocycles. The van der Waals surface area contributed by atoms with Gasteiger partial charge in [-0.05, 0) is 52.7 Å². The molecule has 0 bridgehead atoms. The van der Waals surface area contributed by atoms with Crippen LogP contribution in [0.4, 0.5) is 5.69 Å². The molecular formula is C18H26N2O2. The van der Waals surface area contributed by atoms with E-state index in [1.165, 1.54) is 0 Å². The molecule has 2 amide bonds. The Morgan fingerprint density at radius 3 is 2.55 bits per heavy atom. The lowest BCUT2D eigenvalue weighted by Gasteiger charge is -2.27. The average molecular weight is 302 g/mol. The minimum absolute atomic E-state index is 0.0162. The number of hydrogen-bond acceptors (Lipinski definition) is 2. The first kappa shape index (κ1) is 16.5. The molecule has 22 heavy (non-hydrogen) atoms. The Morgan fingerprint density at radius 2 is 1.95 bits per heavy atom. The maximum Gasteiger partial charge on any atom is 0.240 e. The molecule has 1 aromatic carbocycles. The van der Waals surface area contributed by atoms with Crippen molar-refractivity contribution in [3.05, 3.63) is 29.3 Å². The molecule has 4 heteroatoms. The summed E-state index contributed by atoms with van der Waals surface area (Å²) >= 11 is 0. The lowest BCUT2D eigenvalue weighted by Crippen LogP contribution is -2.49. The molecule has 1 aliphatic rings. The third-order valence-electron chi connectivity index (χ3n) is 4.56. The highest BCUT2D eigenvalue weighted by atomic mass is 16.2. The number of rotatable bonds is 4. The third kappa shape index (κ3) is 2.87. The predicted octanol–water partition coefficient (Wildman–Crippen LogP) is 2.92. The molecule has 0 unspecified atom stereocenters. The summed E-state index contributed by atoms with van der Waals surface area (Å²) in [6, 6.07) is 5.96. The zero-order chi connectivity index (χ0) is 16.7. The van der Waals surface area contributed by atoms with Gasteiger partial charge in [0.1, 0.15) is 6.54 Å². The van der Waals surface area contributed by atoms with E-state index in [1.807, 2.05) is 59.7 Å². The summed E-state index contributed by atoms with van der Waals surface area (Å²) in [5, 5.41) is 2.99. The van der Waals surface area contributed by atoms with Gasteiger partial charge in [0.25, 0.3) is 0 Å². The fourth-order valence-electron chi connectivity index (χ4n) is 2.75. The molecule has 0 saturated heterocycles. The van der Waals surface area contributed by atoms with Crippen LogP contribution in [0.3, 0.4) is 0 Å². The van der Waals surface area contributed by atoms with Gasteiger partial charge in [-0.25, -0.2) is 0 Å². The summed E-state index contributed by atoms with van der Waals surface area (Å²) in [6.45, 7) is 11.9. The van der Waals surface area contributed by atoms with Crippen LogP contribution < -0.4 is 10.2 Å². The lowest BCUT2D eigenvalue weighted by atomic mass is 9.85. The van der Waals surface area contributed by atoms with E-state index in [-0.39, 0.29) is 23.9 Å². The van der Waals surface area contributed by atoms with Gasteiger partial charge in [0, 0.05) is 11.2 Å². The van der Waals surface area contributed by atoms with Crippen LogP contribution in [0.15, 0.2) is 18.2 Å². The molecule has 0 atom stereocenters. The highest BCUT2D eigenvalue weighted by molar-refractivity contribution is 6.10. The van der Waals surface area contributed by atoms with Crippen molar-refractivity contribution in [2.45, 2.75) is 58.9 Å². The number of carbonyl (C=O) groups excluding carboxylic acids is 2. The van der Waals surface area contributed by atoms with Gasteiger partial charge in [-0.3, -0.25) is 9.59 Å². The molecule has 1 aromatic rings. The van der Waals surface area contributed by atoms with Gasteiger partial charge in [0.05, 0.1) is 5.41 Å². The Hall–Kier alpha value is -1.84. The van der Waals surface area contributed by atoms with Gasteiger partial charge in [0.15, 0.2) is 0 Å². The molecule has 1 N–H and O–H groups in total. The SMILES string of the molecule is CCC(C)(C)NC(=O)CN1C(=O)C(C)(C)c2cc(C)ccc21. The second kappa shape index (κ2) is 5.41. The van der Waals surface area contributed by atoms with Crippen molar-refractivity contribution in [3.8, 4) is 0 Å². The zero-order valence-corrected chi connectivity index (χ0v) is 14.4. The summed E-state index contributed by atoms with van der Waals surface area (Å²) in [5.74, 6) is -0.137. The quantitative estimate of drug-likeness (QED) is 0.929. The van der Waals surface area contributed by atoms with Crippen molar-refractivity contribution in [1.82, 2.24) is 5.32 Å². The van der Waals surface area contributed by atoms with E-state index in [0.29, 0.717) is 0 Å². The summed E-state index contributed by atoms with van der Waals surface area (Å²) in [6.07, 6.45) is 0.841. The van der Waals surface area contributed by atoms with Crippen LogP contribution in [0.1, 0.15) is 52.2 Å². The number of nitrogens with zero attached hydrogens (tertiary/aromatic N) is 1. The Bertz CT molecular complexity index is 618. The number of anilines is 1. The molecule has 4 nitrogen and oxygen atoms in total. The van der Waals surface area contributed by atoms with E-state index in [0.717, 1.165) is 23.2 Å². The monoisotopic (exact) mass is 302 g/mol. The number of fused-ring (bicyclic) bond motifs is 1. The van der Waals surface area contributed by atoms with Crippen LogP contribution in [0.2, 0.25) is 0 Å². The summed E-state index contributed by atoms with van der Waals surface area (Å²) < 4.78 is 0. The van der Waals surface area contributed by atoms with Gasteiger partial charge >= 0.3 is 0 Å². The largest absolute Gasteiger partial charge is 0.350 e. The Balaban J connectivity index is 2.27. The first-order valence-electron chi connectivity index (χ1n) is 7.82. The summed E-state index contributed by atoms with van der Waals surface area (Å²) in [4.78, 5) is 26.6. The van der Waals surface area contributed by atoms with Gasteiger partial charge in [-0.15, -0.1) is 0 Å². The van der Waals surface area contributed by atoms with Crippen molar-refractivity contribution in [2.24, 2.45) is 0 Å². The molecule has 0 aliphatic carbocycles. The highest BCUT2D eigenvalue weighted by Crippen LogP contribution is 2.41. The smallest absolute Gasteiger partial charge is 0.240 e. The normalized spacial score (nSPS) is 16.6. The molecule has 0 spiro atoms. The fourth-order valence-corrected chi connectivity index (χ4v) is 2.75. The molecule has 1 aliphatic heterocycles. The molecule has 0 saturated carbocycles. The van der Waals surface area contributed by atoms with Crippen molar-refractivity contribution < 1.29 is 9.59 Å². The maximum atomic E-state index is 12.7. The van der Waals surface area contributed by atoms with E-state index in [2.05, 4.69) is 5.32 Å². The number of amides is 2. The van der Waals surface area contributed by atoms with Gasteiger partial charge in [-0.2, -0.15) is 0 Å². The van der Waals surface area contributed by atoms with Crippen molar-refractivity contribution in [3.63, 3.8) is 0 Å². The van der Waals surface area contributed by atoms with Crippen LogP contribution in [-0.2, 0) is 15.0 Å². The first-order valence-corrected chi connectivity index (χ1v) is 7.82. The number of hydrogen-bond donors (Lipinski definition) is 1. The van der Waals surface area contributed by atoms with E-state index in [4.69, 9.17) is 0 Å². The zero-order valence-electron chi connectivity index (χ0n) is 14.4. The second-order valence-electron chi connectivity index (χ2n) is 7.32. The number of benzene rings is 1. The highest BCUT2D eigenvalue weighted by Gasteiger charge is 2.44. The number of nitrogens with one attached hydrogen (secondary N) is 1. The van der Waals surface area contributed by atoms with Crippen LogP contribution in [-0.4, -0.2) is 23.9 Å². The lowest BCUT2D eigenvalue weighted by molar-refractivity contribution is -0.126. The van der Waals surface area contributed by atoms with Crippen LogP contribution >= 0.6 is 0 Å². The van der Waals surface area contributed by atoms with E-state index in [9.17, 15) is 9.59 Å². The van der Waals surface area contributed by atoms with E-state index >= 15 is 0 Å². The molecule has 2 rings (SSSR count). The predicted molar refractivity (Wildman–Crippen MR) is 89.1 cm³/mol. The molecule has 0 aromatic heterocycles. The summed E-state index contributed by atoms with van der Waals surface area (Å²) in [5.41, 5.74) is 2.14. The van der Waals surface area contributed by atoms with Crippen molar-refractivity contribution in [1.29, 1.82) is 0 Å². The topological polar surface area (TPSA) is 49.4 Å². The second-order valence-corrected chi connectivity index (χ2v) is 7.32. The van der Waals surface area contributed by atoms with Crippen LogP contribution in [0, 0.1) is 6.92 Å².